The molecular formula is C32H29Cl5N2O6S. The van der Waals surface area contributed by atoms with Crippen molar-refractivity contribution in [1.82, 2.24) is 0 Å². The summed E-state index contributed by atoms with van der Waals surface area (Å²) in [6.07, 6.45) is 1.72. The highest BCUT2D eigenvalue weighted by molar-refractivity contribution is 8.13. The molecule has 0 aliphatic carbocycles. The first-order chi connectivity index (χ1) is 21.9. The number of carbonyl (C=O) groups excluding carboxylic acids is 2. The lowest BCUT2D eigenvalue weighted by atomic mass is 10.2. The zero-order chi connectivity index (χ0) is 33.5. The van der Waals surface area contributed by atoms with Crippen LogP contribution in [0, 0.1) is 0 Å². The molecule has 0 saturated heterocycles. The van der Waals surface area contributed by atoms with Crippen LogP contribution in [0.15, 0.2) is 95.9 Å². The maximum atomic E-state index is 11.9. The topological polar surface area (TPSA) is 111 Å². The van der Waals surface area contributed by atoms with Crippen molar-refractivity contribution in [1.29, 1.82) is 0 Å². The van der Waals surface area contributed by atoms with Crippen LogP contribution in [-0.4, -0.2) is 33.4 Å². The fourth-order valence-corrected chi connectivity index (χ4v) is 5.38. The van der Waals surface area contributed by atoms with Crippen molar-refractivity contribution in [2.45, 2.75) is 30.6 Å². The molecule has 0 aromatic heterocycles. The maximum Gasteiger partial charge on any atom is 0.261 e. The molecule has 0 radical (unpaired) electrons. The van der Waals surface area contributed by atoms with Gasteiger partial charge < -0.3 is 20.1 Å². The fourth-order valence-electron chi connectivity index (χ4n) is 3.68. The molecule has 2 amide bonds. The number of hydrogen-bond donors (Lipinski definition) is 2. The van der Waals surface area contributed by atoms with Crippen LogP contribution in [0.1, 0.15) is 25.7 Å². The monoisotopic (exact) mass is 744 g/mol. The standard InChI is InChI=1S/C16H14Cl3NO4S.C16H15Cl2NO2/c17-11-3-8-15(14(18)10-11)24-9-1-2-16(21)20-12-4-6-13(7-5-12)25(19,22)23;17-12-8-9-15(14(18)11-12)21-10-4-7-16(20)19-13-5-2-1-3-6-13/h3-8,10H,1-2,9H2,(H,20,21);1-3,5-6,8-9,11H,4,7,10H2,(H,19,20). The van der Waals surface area contributed by atoms with E-state index in [9.17, 15) is 18.0 Å². The molecule has 244 valence electrons. The Morgan fingerprint density at radius 2 is 1.04 bits per heavy atom. The van der Waals surface area contributed by atoms with Crippen LogP contribution in [0.5, 0.6) is 11.5 Å². The Morgan fingerprint density at radius 3 is 1.46 bits per heavy atom. The Balaban J connectivity index is 0.000000254. The Kier molecular flexibility index (Phi) is 15.3. The molecule has 0 fully saturated rings. The minimum atomic E-state index is -3.77. The van der Waals surface area contributed by atoms with Crippen LogP contribution in [0.3, 0.4) is 0 Å². The molecule has 0 unspecified atom stereocenters. The van der Waals surface area contributed by atoms with Gasteiger partial charge in [-0.2, -0.15) is 0 Å². The molecule has 8 nitrogen and oxygen atoms in total. The molecule has 0 bridgehead atoms. The lowest BCUT2D eigenvalue weighted by Crippen LogP contribution is -2.12. The summed E-state index contributed by atoms with van der Waals surface area (Å²) in [5.74, 6) is 0.827. The number of para-hydroxylation sites is 1. The van der Waals surface area contributed by atoms with Crippen molar-refractivity contribution in [3.63, 3.8) is 0 Å². The molecule has 0 heterocycles. The second-order valence-corrected chi connectivity index (χ2v) is 13.7. The number of rotatable bonds is 13. The second kappa shape index (κ2) is 18.8. The Morgan fingerprint density at radius 1 is 0.609 bits per heavy atom. The normalized spacial score (nSPS) is 10.7. The third-order valence-corrected chi connectivity index (χ3v) is 8.31. The highest BCUT2D eigenvalue weighted by Gasteiger charge is 2.10. The van der Waals surface area contributed by atoms with Crippen molar-refractivity contribution in [2.75, 3.05) is 23.8 Å². The number of carbonyl (C=O) groups is 2. The molecule has 0 aliphatic heterocycles. The number of ether oxygens (including phenoxy) is 2. The molecule has 4 aromatic carbocycles. The molecule has 4 aromatic rings. The summed E-state index contributed by atoms with van der Waals surface area (Å²) in [5.41, 5.74) is 1.28. The predicted octanol–water partition coefficient (Wildman–Crippen LogP) is 9.51. The van der Waals surface area contributed by atoms with Crippen LogP contribution in [0.4, 0.5) is 11.4 Å². The minimum Gasteiger partial charge on any atom is -0.492 e. The first kappa shape index (κ1) is 37.3. The van der Waals surface area contributed by atoms with Gasteiger partial charge in [-0.05, 0) is 85.6 Å². The van der Waals surface area contributed by atoms with Crippen LogP contribution in [0.25, 0.3) is 0 Å². The summed E-state index contributed by atoms with van der Waals surface area (Å²) < 4.78 is 33.3. The largest absolute Gasteiger partial charge is 0.492 e. The van der Waals surface area contributed by atoms with E-state index < -0.39 is 9.05 Å². The van der Waals surface area contributed by atoms with Crippen molar-refractivity contribution in [3.8, 4) is 11.5 Å². The summed E-state index contributed by atoms with van der Waals surface area (Å²) in [6.45, 7) is 0.738. The van der Waals surface area contributed by atoms with Gasteiger partial charge in [0, 0.05) is 44.9 Å². The van der Waals surface area contributed by atoms with Crippen LogP contribution >= 0.6 is 57.1 Å². The van der Waals surface area contributed by atoms with Crippen LogP contribution in [0.2, 0.25) is 20.1 Å². The van der Waals surface area contributed by atoms with Crippen LogP contribution in [-0.2, 0) is 18.6 Å². The van der Waals surface area contributed by atoms with E-state index in [-0.39, 0.29) is 23.1 Å². The molecule has 14 heteroatoms. The number of hydrogen-bond acceptors (Lipinski definition) is 6. The van der Waals surface area contributed by atoms with Gasteiger partial charge >= 0.3 is 0 Å². The Hall–Kier alpha value is -3.18. The van der Waals surface area contributed by atoms with E-state index in [1.165, 1.54) is 24.3 Å². The van der Waals surface area contributed by atoms with Gasteiger partial charge in [-0.1, -0.05) is 64.6 Å². The number of halogens is 5. The zero-order valence-corrected chi connectivity index (χ0v) is 28.7. The molecule has 4 rings (SSSR count). The molecule has 2 N–H and O–H groups in total. The van der Waals surface area contributed by atoms with E-state index in [4.69, 9.17) is 66.6 Å². The van der Waals surface area contributed by atoms with Gasteiger partial charge in [0.2, 0.25) is 11.8 Å². The number of amides is 2. The molecule has 46 heavy (non-hydrogen) atoms. The van der Waals surface area contributed by atoms with E-state index in [0.29, 0.717) is 69.8 Å². The zero-order valence-electron chi connectivity index (χ0n) is 24.2. The SMILES string of the molecule is O=C(CCCOc1ccc(Cl)cc1Cl)Nc1ccc(S(=O)(=O)Cl)cc1.O=C(CCCOc1ccc(Cl)cc1Cl)Nc1ccccc1. The first-order valence-electron chi connectivity index (χ1n) is 13.8. The fraction of sp³-hybridized carbons (Fsp3) is 0.188. The second-order valence-electron chi connectivity index (χ2n) is 9.48. The Labute approximate surface area is 292 Å². The van der Waals surface area contributed by atoms with Gasteiger partial charge in [0.05, 0.1) is 28.2 Å². The smallest absolute Gasteiger partial charge is 0.261 e. The van der Waals surface area contributed by atoms with Gasteiger partial charge in [-0.25, -0.2) is 8.42 Å². The maximum absolute atomic E-state index is 11.9. The average molecular weight is 747 g/mol. The average Bonchev–Trinajstić information content (AvgIpc) is 3.00. The summed E-state index contributed by atoms with van der Waals surface area (Å²) in [6, 6.07) is 24.9. The van der Waals surface area contributed by atoms with Gasteiger partial charge in [-0.3, -0.25) is 9.59 Å². The van der Waals surface area contributed by atoms with Crippen molar-refractivity contribution in [3.05, 3.63) is 111 Å². The molecule has 0 saturated carbocycles. The van der Waals surface area contributed by atoms with Gasteiger partial charge in [0.1, 0.15) is 11.5 Å². The number of anilines is 2. The highest BCUT2D eigenvalue weighted by Crippen LogP contribution is 2.28. The molecule has 0 aliphatic rings. The summed E-state index contributed by atoms with van der Waals surface area (Å²) in [4.78, 5) is 23.6. The lowest BCUT2D eigenvalue weighted by molar-refractivity contribution is -0.117. The van der Waals surface area contributed by atoms with E-state index in [0.717, 1.165) is 5.69 Å². The molecule has 0 spiro atoms. The number of nitrogens with one attached hydrogen (secondary N) is 2. The molecular weight excluding hydrogens is 718 g/mol. The first-order valence-corrected chi connectivity index (χ1v) is 17.6. The van der Waals surface area contributed by atoms with Gasteiger partial charge in [0.15, 0.2) is 0 Å². The summed E-state index contributed by atoms with van der Waals surface area (Å²) >= 11 is 23.6. The molecule has 0 atom stereocenters. The summed E-state index contributed by atoms with van der Waals surface area (Å²) in [7, 11) is 1.45. The minimum absolute atomic E-state index is 0.0274. The summed E-state index contributed by atoms with van der Waals surface area (Å²) in [5, 5.41) is 7.44. The lowest BCUT2D eigenvalue weighted by Gasteiger charge is -2.09. The van der Waals surface area contributed by atoms with Crippen molar-refractivity contribution < 1.29 is 27.5 Å². The van der Waals surface area contributed by atoms with Gasteiger partial charge in [0.25, 0.3) is 9.05 Å². The van der Waals surface area contributed by atoms with Crippen LogP contribution < -0.4 is 20.1 Å². The van der Waals surface area contributed by atoms with E-state index in [1.54, 1.807) is 36.4 Å². The van der Waals surface area contributed by atoms with Crippen molar-refractivity contribution >= 4 is 89.3 Å². The van der Waals surface area contributed by atoms with Gasteiger partial charge in [-0.15, -0.1) is 0 Å². The van der Waals surface area contributed by atoms with E-state index in [1.807, 2.05) is 30.3 Å². The highest BCUT2D eigenvalue weighted by atomic mass is 35.7. The number of benzene rings is 4. The van der Waals surface area contributed by atoms with Crippen molar-refractivity contribution in [2.24, 2.45) is 0 Å². The quantitative estimate of drug-likeness (QED) is 0.104. The third-order valence-electron chi connectivity index (χ3n) is 5.88. The van der Waals surface area contributed by atoms with E-state index in [2.05, 4.69) is 10.6 Å². The Bertz CT molecular complexity index is 1710. The predicted molar refractivity (Wildman–Crippen MR) is 186 cm³/mol. The third kappa shape index (κ3) is 13.7. The van der Waals surface area contributed by atoms with E-state index >= 15 is 0 Å².